The quantitative estimate of drug-likeness (QED) is 0.555. The highest BCUT2D eigenvalue weighted by molar-refractivity contribution is 6.07. The van der Waals surface area contributed by atoms with Crippen molar-refractivity contribution in [3.05, 3.63) is 41.3 Å². The number of rotatable bonds is 3. The van der Waals surface area contributed by atoms with Crippen molar-refractivity contribution in [3.63, 3.8) is 0 Å². The number of carbonyl (C=O) groups is 2. The van der Waals surface area contributed by atoms with Crippen molar-refractivity contribution in [2.24, 2.45) is 0 Å². The van der Waals surface area contributed by atoms with Gasteiger partial charge in [0.05, 0.1) is 23.8 Å². The third kappa shape index (κ3) is 3.45. The van der Waals surface area contributed by atoms with Gasteiger partial charge in [-0.1, -0.05) is 0 Å². The number of nitrogens with one attached hydrogen (secondary N) is 2. The van der Waals surface area contributed by atoms with Crippen LogP contribution in [0.15, 0.2) is 24.3 Å². The Kier molecular flexibility index (Phi) is 5.08. The zero-order valence-electron chi connectivity index (χ0n) is 16.4. The minimum Gasteiger partial charge on any atom is -0.505 e. The van der Waals surface area contributed by atoms with Gasteiger partial charge in [0.15, 0.2) is 17.2 Å². The first-order valence-corrected chi connectivity index (χ1v) is 9.34. The van der Waals surface area contributed by atoms with Crippen LogP contribution >= 0.6 is 0 Å². The molecule has 4 rings (SSSR count). The van der Waals surface area contributed by atoms with Gasteiger partial charge in [-0.3, -0.25) is 14.7 Å². The largest absolute Gasteiger partial charge is 0.505 e. The number of phenolic OH excluding ortho intramolecular Hbond substituents is 1. The van der Waals surface area contributed by atoms with Gasteiger partial charge in [-0.05, 0) is 31.2 Å². The summed E-state index contributed by atoms with van der Waals surface area (Å²) >= 11 is 0. The Labute approximate surface area is 170 Å². The van der Waals surface area contributed by atoms with E-state index in [2.05, 4.69) is 20.5 Å². The van der Waals surface area contributed by atoms with E-state index in [1.54, 1.807) is 17.9 Å². The van der Waals surface area contributed by atoms with Gasteiger partial charge in [0.1, 0.15) is 6.04 Å². The van der Waals surface area contributed by atoms with Gasteiger partial charge < -0.3 is 20.1 Å². The number of aromatic amines is 1. The van der Waals surface area contributed by atoms with Crippen LogP contribution in [-0.4, -0.2) is 69.9 Å². The predicted molar refractivity (Wildman–Crippen MR) is 105 cm³/mol. The number of methoxy groups -OCH3 is 1. The van der Waals surface area contributed by atoms with Crippen molar-refractivity contribution in [1.82, 2.24) is 25.4 Å². The molecule has 156 valence electrons. The Morgan fingerprint density at radius 1 is 1.33 bits per heavy atom. The smallest absolute Gasteiger partial charge is 0.324 e. The second-order valence-electron chi connectivity index (χ2n) is 7.05. The van der Waals surface area contributed by atoms with E-state index in [0.29, 0.717) is 46.6 Å². The fourth-order valence-corrected chi connectivity index (χ4v) is 3.56. The van der Waals surface area contributed by atoms with Crippen molar-refractivity contribution >= 4 is 22.9 Å². The molecule has 3 aromatic rings. The summed E-state index contributed by atoms with van der Waals surface area (Å²) in [6, 6.07) is 4.86. The summed E-state index contributed by atoms with van der Waals surface area (Å²) in [4.78, 5) is 31.3. The van der Waals surface area contributed by atoms with Crippen LogP contribution in [0.25, 0.3) is 22.3 Å². The normalized spacial score (nSPS) is 16.6. The average Bonchev–Trinajstić information content (AvgIpc) is 3.14. The number of phenols is 1. The SMILES string of the molecule is COC(=O)C1CN(C(=O)c2cc(-c3ccc(O)c(F)c3)nc3n[nH]c(C)c23)CCN1. The summed E-state index contributed by atoms with van der Waals surface area (Å²) in [6.45, 7) is 2.80. The summed E-state index contributed by atoms with van der Waals surface area (Å²) in [5, 5.41) is 20.0. The predicted octanol–water partition coefficient (Wildman–Crippen LogP) is 1.37. The molecule has 3 N–H and O–H groups in total. The number of halogens is 1. The number of aromatic hydroxyl groups is 1. The van der Waals surface area contributed by atoms with Crippen LogP contribution < -0.4 is 5.32 Å². The number of piperazine rings is 1. The Morgan fingerprint density at radius 3 is 2.87 bits per heavy atom. The van der Waals surface area contributed by atoms with Gasteiger partial charge in [-0.2, -0.15) is 5.10 Å². The first kappa shape index (κ1) is 19.8. The second-order valence-corrected chi connectivity index (χ2v) is 7.05. The lowest BCUT2D eigenvalue weighted by Crippen LogP contribution is -2.56. The lowest BCUT2D eigenvalue weighted by atomic mass is 10.0. The molecular weight excluding hydrogens is 393 g/mol. The Balaban J connectivity index is 1.77. The van der Waals surface area contributed by atoms with Crippen LogP contribution in [0.1, 0.15) is 16.1 Å². The van der Waals surface area contributed by atoms with Crippen molar-refractivity contribution in [1.29, 1.82) is 0 Å². The van der Waals surface area contributed by atoms with E-state index in [1.165, 1.54) is 19.2 Å². The molecule has 1 aromatic carbocycles. The molecular formula is C20H20FN5O4. The molecule has 0 aliphatic carbocycles. The number of aryl methyl sites for hydroxylation is 1. The van der Waals surface area contributed by atoms with Crippen LogP contribution in [0.2, 0.25) is 0 Å². The van der Waals surface area contributed by atoms with Crippen LogP contribution in [-0.2, 0) is 9.53 Å². The Bertz CT molecular complexity index is 1150. The molecule has 0 bridgehead atoms. The number of hydrogen-bond donors (Lipinski definition) is 3. The minimum absolute atomic E-state index is 0.162. The monoisotopic (exact) mass is 413 g/mol. The minimum atomic E-state index is -0.788. The van der Waals surface area contributed by atoms with E-state index in [4.69, 9.17) is 4.74 Å². The number of hydrogen-bond acceptors (Lipinski definition) is 7. The fourth-order valence-electron chi connectivity index (χ4n) is 3.56. The first-order chi connectivity index (χ1) is 14.4. The number of H-pyrrole nitrogens is 1. The molecule has 10 heteroatoms. The summed E-state index contributed by atoms with van der Waals surface area (Å²) < 4.78 is 18.6. The molecule has 1 saturated heterocycles. The Morgan fingerprint density at radius 2 is 2.13 bits per heavy atom. The van der Waals surface area contributed by atoms with Gasteiger partial charge in [0.25, 0.3) is 5.91 Å². The highest BCUT2D eigenvalue weighted by Gasteiger charge is 2.30. The molecule has 1 amide bonds. The summed E-state index contributed by atoms with van der Waals surface area (Å²) in [6.07, 6.45) is 0. The lowest BCUT2D eigenvalue weighted by Gasteiger charge is -2.32. The van der Waals surface area contributed by atoms with Crippen molar-refractivity contribution in [2.75, 3.05) is 26.7 Å². The highest BCUT2D eigenvalue weighted by Crippen LogP contribution is 2.29. The molecule has 9 nitrogen and oxygen atoms in total. The summed E-state index contributed by atoms with van der Waals surface area (Å²) in [5.41, 5.74) is 2.08. The average molecular weight is 413 g/mol. The maximum absolute atomic E-state index is 13.9. The van der Waals surface area contributed by atoms with Crippen LogP contribution in [0.5, 0.6) is 5.75 Å². The molecule has 0 saturated carbocycles. The summed E-state index contributed by atoms with van der Waals surface area (Å²) in [5.74, 6) is -1.99. The third-order valence-electron chi connectivity index (χ3n) is 5.13. The number of amides is 1. The number of fused-ring (bicyclic) bond motifs is 1. The number of esters is 1. The van der Waals surface area contributed by atoms with Gasteiger partial charge >= 0.3 is 5.97 Å². The molecule has 1 fully saturated rings. The molecule has 0 radical (unpaired) electrons. The molecule has 3 heterocycles. The maximum atomic E-state index is 13.9. The molecule has 2 aromatic heterocycles. The first-order valence-electron chi connectivity index (χ1n) is 9.34. The second kappa shape index (κ2) is 7.71. The number of aromatic nitrogens is 3. The lowest BCUT2D eigenvalue weighted by molar-refractivity contribution is -0.144. The van der Waals surface area contributed by atoms with Crippen LogP contribution in [0.3, 0.4) is 0 Å². The topological polar surface area (TPSA) is 120 Å². The zero-order valence-corrected chi connectivity index (χ0v) is 16.4. The van der Waals surface area contributed by atoms with Gasteiger partial charge in [0.2, 0.25) is 0 Å². The van der Waals surface area contributed by atoms with Crippen LogP contribution in [0, 0.1) is 12.7 Å². The van der Waals surface area contributed by atoms with E-state index in [9.17, 15) is 19.1 Å². The van der Waals surface area contributed by atoms with E-state index >= 15 is 0 Å². The van der Waals surface area contributed by atoms with Crippen molar-refractivity contribution in [2.45, 2.75) is 13.0 Å². The number of benzene rings is 1. The van der Waals surface area contributed by atoms with Crippen LogP contribution in [0.4, 0.5) is 4.39 Å². The Hall–Kier alpha value is -3.53. The molecule has 1 unspecified atom stereocenters. The number of carbonyl (C=O) groups excluding carboxylic acids is 2. The van der Waals surface area contributed by atoms with E-state index in [0.717, 1.165) is 6.07 Å². The van der Waals surface area contributed by atoms with Crippen molar-refractivity contribution < 1.29 is 23.8 Å². The fraction of sp³-hybridized carbons (Fsp3) is 0.300. The number of nitrogens with zero attached hydrogens (tertiary/aromatic N) is 3. The molecule has 0 spiro atoms. The third-order valence-corrected chi connectivity index (χ3v) is 5.13. The molecule has 1 atom stereocenters. The van der Waals surface area contributed by atoms with Gasteiger partial charge in [0, 0.05) is 30.9 Å². The standard InChI is InChI=1S/C20H20FN5O4/c1-10-17-12(19(28)26-6-5-22-15(9-26)20(29)30-2)8-14(23-18(17)25-24-10)11-3-4-16(27)13(21)7-11/h3-4,7-8,15,22,27H,5-6,9H2,1-2H3,(H,23,24,25). The molecule has 1 aliphatic rings. The molecule has 1 aliphatic heterocycles. The number of ether oxygens (including phenoxy) is 1. The summed E-state index contributed by atoms with van der Waals surface area (Å²) in [7, 11) is 1.30. The van der Waals surface area contributed by atoms with E-state index < -0.39 is 23.6 Å². The number of pyridine rings is 1. The highest BCUT2D eigenvalue weighted by atomic mass is 19.1. The molecule has 30 heavy (non-hydrogen) atoms. The van der Waals surface area contributed by atoms with E-state index in [1.807, 2.05) is 0 Å². The van der Waals surface area contributed by atoms with E-state index in [-0.39, 0.29) is 12.5 Å². The van der Waals surface area contributed by atoms with Crippen molar-refractivity contribution in [3.8, 4) is 17.0 Å². The zero-order chi connectivity index (χ0) is 21.4. The maximum Gasteiger partial charge on any atom is 0.324 e. The van der Waals surface area contributed by atoms with Gasteiger partial charge in [-0.15, -0.1) is 0 Å². The van der Waals surface area contributed by atoms with Gasteiger partial charge in [-0.25, -0.2) is 9.37 Å².